The maximum atomic E-state index is 8.74. The van der Waals surface area contributed by atoms with E-state index in [2.05, 4.69) is 18.3 Å². The molecule has 2 aromatic carbocycles. The quantitative estimate of drug-likeness (QED) is 0.909. The van der Waals surface area contributed by atoms with Gasteiger partial charge in [-0.25, -0.2) is 0 Å². The minimum absolute atomic E-state index is 0.257. The number of halogens is 1. The first-order chi connectivity index (χ1) is 9.19. The van der Waals surface area contributed by atoms with Crippen molar-refractivity contribution in [2.75, 3.05) is 0 Å². The topological polar surface area (TPSA) is 35.8 Å². The van der Waals surface area contributed by atoms with E-state index in [-0.39, 0.29) is 6.04 Å². The average molecular weight is 271 g/mol. The monoisotopic (exact) mass is 270 g/mol. The summed E-state index contributed by atoms with van der Waals surface area (Å²) in [6.45, 7) is 2.89. The van der Waals surface area contributed by atoms with Crippen molar-refractivity contribution < 1.29 is 0 Å². The third kappa shape index (κ3) is 3.82. The highest BCUT2D eigenvalue weighted by atomic mass is 35.5. The van der Waals surface area contributed by atoms with Crippen LogP contribution in [0.4, 0.5) is 0 Å². The van der Waals surface area contributed by atoms with Crippen LogP contribution in [0.1, 0.15) is 29.7 Å². The molecule has 0 aliphatic carbocycles. The molecule has 0 heterocycles. The minimum Gasteiger partial charge on any atom is -0.306 e. The fourth-order valence-corrected chi connectivity index (χ4v) is 1.96. The van der Waals surface area contributed by atoms with Gasteiger partial charge >= 0.3 is 0 Å². The predicted molar refractivity (Wildman–Crippen MR) is 77.9 cm³/mol. The average Bonchev–Trinajstić information content (AvgIpc) is 2.46. The van der Waals surface area contributed by atoms with E-state index in [1.54, 1.807) is 0 Å². The molecule has 0 aromatic heterocycles. The van der Waals surface area contributed by atoms with E-state index in [4.69, 9.17) is 16.9 Å². The number of rotatable bonds is 4. The predicted octanol–water partition coefficient (Wildman–Crippen LogP) is 4.06. The second kappa shape index (κ2) is 6.38. The molecule has 0 aliphatic heterocycles. The lowest BCUT2D eigenvalue weighted by Gasteiger charge is -2.14. The Bertz CT molecular complexity index is 567. The maximum Gasteiger partial charge on any atom is 0.0991 e. The van der Waals surface area contributed by atoms with Gasteiger partial charge in [0.25, 0.3) is 0 Å². The van der Waals surface area contributed by atoms with Crippen molar-refractivity contribution in [2.45, 2.75) is 19.5 Å². The fraction of sp³-hybridized carbons (Fsp3) is 0.188. The second-order valence-corrected chi connectivity index (χ2v) is 4.90. The first kappa shape index (κ1) is 13.6. The third-order valence-electron chi connectivity index (χ3n) is 3.07. The Hall–Kier alpha value is -1.82. The molecule has 0 aliphatic rings. The molecule has 2 rings (SSSR count). The summed E-state index contributed by atoms with van der Waals surface area (Å²) in [5.74, 6) is 0. The Morgan fingerprint density at radius 1 is 1.11 bits per heavy atom. The summed E-state index contributed by atoms with van der Waals surface area (Å²) in [6, 6.07) is 17.8. The summed E-state index contributed by atoms with van der Waals surface area (Å²) < 4.78 is 0. The molecular formula is C16H15ClN2. The van der Waals surface area contributed by atoms with Gasteiger partial charge in [-0.15, -0.1) is 0 Å². The van der Waals surface area contributed by atoms with Crippen molar-refractivity contribution in [1.82, 2.24) is 5.32 Å². The Morgan fingerprint density at radius 2 is 1.74 bits per heavy atom. The van der Waals surface area contributed by atoms with Crippen LogP contribution in [0.2, 0.25) is 5.02 Å². The van der Waals surface area contributed by atoms with E-state index in [1.165, 1.54) is 11.1 Å². The zero-order valence-electron chi connectivity index (χ0n) is 10.7. The Morgan fingerprint density at radius 3 is 2.32 bits per heavy atom. The zero-order chi connectivity index (χ0) is 13.7. The molecule has 0 bridgehead atoms. The molecule has 0 radical (unpaired) electrons. The first-order valence-corrected chi connectivity index (χ1v) is 6.55. The van der Waals surface area contributed by atoms with Crippen molar-refractivity contribution >= 4 is 11.6 Å². The Balaban J connectivity index is 1.94. The molecule has 0 saturated carbocycles. The number of hydrogen-bond acceptors (Lipinski definition) is 2. The number of nitriles is 1. The molecule has 19 heavy (non-hydrogen) atoms. The molecule has 2 nitrogen and oxygen atoms in total. The molecule has 96 valence electrons. The fourth-order valence-electron chi connectivity index (χ4n) is 1.84. The van der Waals surface area contributed by atoms with Crippen LogP contribution in [0.25, 0.3) is 0 Å². The molecule has 2 aromatic rings. The van der Waals surface area contributed by atoms with Crippen LogP contribution >= 0.6 is 11.6 Å². The standard InChI is InChI=1S/C16H15ClN2/c1-12(15-6-8-16(17)9-7-15)19-11-14-4-2-13(10-18)3-5-14/h2-9,12,19H,11H2,1H3/t12-/m1/s1. The van der Waals surface area contributed by atoms with Gasteiger partial charge in [-0.3, -0.25) is 0 Å². The van der Waals surface area contributed by atoms with Gasteiger partial charge in [0.1, 0.15) is 0 Å². The van der Waals surface area contributed by atoms with Crippen LogP contribution in [-0.4, -0.2) is 0 Å². The maximum absolute atomic E-state index is 8.74. The van der Waals surface area contributed by atoms with E-state index in [0.29, 0.717) is 5.56 Å². The van der Waals surface area contributed by atoms with Gasteiger partial charge in [-0.2, -0.15) is 5.26 Å². The Kier molecular flexibility index (Phi) is 4.57. The third-order valence-corrected chi connectivity index (χ3v) is 3.32. The molecular weight excluding hydrogens is 256 g/mol. The van der Waals surface area contributed by atoms with Gasteiger partial charge < -0.3 is 5.32 Å². The van der Waals surface area contributed by atoms with Crippen LogP contribution in [0.5, 0.6) is 0 Å². The van der Waals surface area contributed by atoms with Gasteiger partial charge in [0.2, 0.25) is 0 Å². The van der Waals surface area contributed by atoms with E-state index >= 15 is 0 Å². The Labute approximate surface area is 118 Å². The van der Waals surface area contributed by atoms with E-state index < -0.39 is 0 Å². The van der Waals surface area contributed by atoms with Crippen LogP contribution in [0, 0.1) is 11.3 Å². The SMILES string of the molecule is C[C@@H](NCc1ccc(C#N)cc1)c1ccc(Cl)cc1. The smallest absolute Gasteiger partial charge is 0.0991 e. The van der Waals surface area contributed by atoms with Crippen molar-refractivity contribution in [3.05, 3.63) is 70.2 Å². The summed E-state index contributed by atoms with van der Waals surface area (Å²) in [7, 11) is 0. The molecule has 1 N–H and O–H groups in total. The van der Waals surface area contributed by atoms with Gasteiger partial charge in [0.05, 0.1) is 11.6 Å². The lowest BCUT2D eigenvalue weighted by atomic mass is 10.1. The van der Waals surface area contributed by atoms with Gasteiger partial charge in [0.15, 0.2) is 0 Å². The largest absolute Gasteiger partial charge is 0.306 e. The molecule has 0 saturated heterocycles. The summed E-state index contributed by atoms with van der Waals surface area (Å²) in [5, 5.41) is 12.9. The number of nitrogens with one attached hydrogen (secondary N) is 1. The number of benzene rings is 2. The van der Waals surface area contributed by atoms with Crippen LogP contribution in [-0.2, 0) is 6.54 Å². The van der Waals surface area contributed by atoms with E-state index in [0.717, 1.165) is 11.6 Å². The molecule has 0 unspecified atom stereocenters. The summed E-state index contributed by atoms with van der Waals surface area (Å²) >= 11 is 5.87. The first-order valence-electron chi connectivity index (χ1n) is 6.17. The summed E-state index contributed by atoms with van der Waals surface area (Å²) in [5.41, 5.74) is 3.06. The van der Waals surface area contributed by atoms with Crippen LogP contribution in [0.3, 0.4) is 0 Å². The highest BCUT2D eigenvalue weighted by Gasteiger charge is 2.04. The van der Waals surface area contributed by atoms with Crippen LogP contribution in [0.15, 0.2) is 48.5 Å². The number of hydrogen-bond donors (Lipinski definition) is 1. The normalized spacial score (nSPS) is 11.8. The zero-order valence-corrected chi connectivity index (χ0v) is 11.5. The lowest BCUT2D eigenvalue weighted by molar-refractivity contribution is 0.575. The van der Waals surface area contributed by atoms with Crippen molar-refractivity contribution in [2.24, 2.45) is 0 Å². The van der Waals surface area contributed by atoms with E-state index in [9.17, 15) is 0 Å². The summed E-state index contributed by atoms with van der Waals surface area (Å²) in [4.78, 5) is 0. The molecule has 0 spiro atoms. The van der Waals surface area contributed by atoms with Gasteiger partial charge in [-0.1, -0.05) is 35.9 Å². The van der Waals surface area contributed by atoms with Crippen LogP contribution < -0.4 is 5.32 Å². The van der Waals surface area contributed by atoms with Crippen molar-refractivity contribution in [3.63, 3.8) is 0 Å². The van der Waals surface area contributed by atoms with Crippen molar-refractivity contribution in [1.29, 1.82) is 5.26 Å². The molecule has 0 fully saturated rings. The molecule has 3 heteroatoms. The van der Waals surface area contributed by atoms with E-state index in [1.807, 2.05) is 48.5 Å². The molecule has 0 amide bonds. The second-order valence-electron chi connectivity index (χ2n) is 4.46. The molecule has 1 atom stereocenters. The van der Waals surface area contributed by atoms with Gasteiger partial charge in [0, 0.05) is 17.6 Å². The summed E-state index contributed by atoms with van der Waals surface area (Å²) in [6.07, 6.45) is 0. The highest BCUT2D eigenvalue weighted by molar-refractivity contribution is 6.30. The van der Waals surface area contributed by atoms with Gasteiger partial charge in [-0.05, 0) is 42.3 Å². The minimum atomic E-state index is 0.257. The highest BCUT2D eigenvalue weighted by Crippen LogP contribution is 2.16. The lowest BCUT2D eigenvalue weighted by Crippen LogP contribution is -2.17. The van der Waals surface area contributed by atoms with Crippen molar-refractivity contribution in [3.8, 4) is 6.07 Å². The number of nitrogens with zero attached hydrogens (tertiary/aromatic N) is 1.